The van der Waals surface area contributed by atoms with E-state index in [4.69, 9.17) is 11.6 Å². The van der Waals surface area contributed by atoms with E-state index >= 15 is 0 Å². The lowest BCUT2D eigenvalue weighted by Crippen LogP contribution is -2.54. The maximum absolute atomic E-state index is 6.05. The summed E-state index contributed by atoms with van der Waals surface area (Å²) in [6.07, 6.45) is 4.18. The zero-order valence-corrected chi connectivity index (χ0v) is 11.6. The molecule has 2 saturated heterocycles. The Labute approximate surface area is 115 Å². The van der Waals surface area contributed by atoms with E-state index in [0.29, 0.717) is 0 Å². The Morgan fingerprint density at radius 3 is 3.00 bits per heavy atom. The number of rotatable bonds is 2. The first-order valence-corrected chi connectivity index (χ1v) is 7.40. The zero-order chi connectivity index (χ0) is 12.4. The predicted octanol–water partition coefficient (Wildman–Crippen LogP) is 3.01. The van der Waals surface area contributed by atoms with Crippen molar-refractivity contribution in [1.29, 1.82) is 0 Å². The minimum atomic E-state index is 0.798. The third-order valence-electron chi connectivity index (χ3n) is 4.22. The Hall–Kier alpha value is -0.570. The second kappa shape index (κ2) is 5.60. The van der Waals surface area contributed by atoms with E-state index in [1.165, 1.54) is 51.0 Å². The molecule has 0 saturated carbocycles. The lowest BCUT2D eigenvalue weighted by molar-refractivity contribution is 0.0457. The summed E-state index contributed by atoms with van der Waals surface area (Å²) in [4.78, 5) is 5.26. The van der Waals surface area contributed by atoms with Gasteiger partial charge < -0.3 is 0 Å². The first kappa shape index (κ1) is 12.5. The number of halogens is 1. The highest BCUT2D eigenvalue weighted by molar-refractivity contribution is 6.30. The van der Waals surface area contributed by atoms with E-state index in [9.17, 15) is 0 Å². The normalized spacial score (nSPS) is 25.9. The smallest absolute Gasteiger partial charge is 0.0409 e. The van der Waals surface area contributed by atoms with Gasteiger partial charge in [0.1, 0.15) is 0 Å². The molecule has 2 fully saturated rings. The van der Waals surface area contributed by atoms with Crippen LogP contribution in [0.25, 0.3) is 0 Å². The number of benzene rings is 1. The van der Waals surface area contributed by atoms with E-state index in [1.54, 1.807) is 0 Å². The fourth-order valence-electron chi connectivity index (χ4n) is 3.26. The molecule has 2 aliphatic rings. The van der Waals surface area contributed by atoms with Crippen molar-refractivity contribution in [3.8, 4) is 0 Å². The van der Waals surface area contributed by atoms with Crippen LogP contribution in [0, 0.1) is 0 Å². The van der Waals surface area contributed by atoms with Gasteiger partial charge in [-0.05, 0) is 37.1 Å². The van der Waals surface area contributed by atoms with Crippen molar-refractivity contribution in [3.63, 3.8) is 0 Å². The van der Waals surface area contributed by atoms with Gasteiger partial charge in [-0.15, -0.1) is 0 Å². The Morgan fingerprint density at radius 1 is 1.17 bits per heavy atom. The SMILES string of the molecule is Clc1cccc(CN2CCN3CCCCC3C2)c1. The van der Waals surface area contributed by atoms with E-state index in [1.807, 2.05) is 6.07 Å². The van der Waals surface area contributed by atoms with Crippen molar-refractivity contribution in [1.82, 2.24) is 9.80 Å². The minimum absolute atomic E-state index is 0.798. The van der Waals surface area contributed by atoms with Crippen LogP contribution in [0.3, 0.4) is 0 Å². The van der Waals surface area contributed by atoms with Crippen LogP contribution in [-0.2, 0) is 6.54 Å². The lowest BCUT2D eigenvalue weighted by Gasteiger charge is -2.44. The molecule has 2 aliphatic heterocycles. The first-order chi connectivity index (χ1) is 8.81. The molecule has 0 spiro atoms. The summed E-state index contributed by atoms with van der Waals surface area (Å²) >= 11 is 6.05. The Kier molecular flexibility index (Phi) is 3.88. The second-order valence-electron chi connectivity index (χ2n) is 5.55. The molecule has 1 atom stereocenters. The number of piperidine rings is 1. The summed E-state index contributed by atoms with van der Waals surface area (Å²) in [7, 11) is 0. The minimum Gasteiger partial charge on any atom is -0.298 e. The van der Waals surface area contributed by atoms with Crippen molar-refractivity contribution in [2.75, 3.05) is 26.2 Å². The summed E-state index contributed by atoms with van der Waals surface area (Å²) in [5.74, 6) is 0. The molecule has 3 heteroatoms. The molecule has 1 unspecified atom stereocenters. The number of fused-ring (bicyclic) bond motifs is 1. The molecule has 18 heavy (non-hydrogen) atoms. The maximum atomic E-state index is 6.05. The van der Waals surface area contributed by atoms with Gasteiger partial charge in [0.25, 0.3) is 0 Å². The number of nitrogens with zero attached hydrogens (tertiary/aromatic N) is 2. The van der Waals surface area contributed by atoms with Crippen LogP contribution in [0.15, 0.2) is 24.3 Å². The molecule has 3 rings (SSSR count). The molecule has 98 valence electrons. The maximum Gasteiger partial charge on any atom is 0.0409 e. The topological polar surface area (TPSA) is 6.48 Å². The van der Waals surface area contributed by atoms with Crippen LogP contribution in [-0.4, -0.2) is 42.0 Å². The van der Waals surface area contributed by atoms with Crippen LogP contribution in [0.5, 0.6) is 0 Å². The van der Waals surface area contributed by atoms with Crippen LogP contribution in [0.4, 0.5) is 0 Å². The van der Waals surface area contributed by atoms with Crippen molar-refractivity contribution in [2.24, 2.45) is 0 Å². The van der Waals surface area contributed by atoms with Gasteiger partial charge in [0.05, 0.1) is 0 Å². The molecule has 2 nitrogen and oxygen atoms in total. The van der Waals surface area contributed by atoms with Crippen molar-refractivity contribution in [2.45, 2.75) is 31.8 Å². The van der Waals surface area contributed by atoms with E-state index in [2.05, 4.69) is 28.0 Å². The highest BCUT2D eigenvalue weighted by Crippen LogP contribution is 2.22. The summed E-state index contributed by atoms with van der Waals surface area (Å²) in [5, 5.41) is 0.851. The number of hydrogen-bond donors (Lipinski definition) is 0. The molecular weight excluding hydrogens is 244 g/mol. The third kappa shape index (κ3) is 2.87. The Balaban J connectivity index is 1.61. The largest absolute Gasteiger partial charge is 0.298 e. The standard InChI is InChI=1S/C15H21ClN2/c16-14-5-3-4-13(10-14)11-17-8-9-18-7-2-1-6-15(18)12-17/h3-5,10,15H,1-2,6-9,11-12H2. The van der Waals surface area contributed by atoms with Crippen molar-refractivity contribution in [3.05, 3.63) is 34.9 Å². The molecule has 1 aromatic rings. The number of piperazine rings is 1. The predicted molar refractivity (Wildman–Crippen MR) is 75.9 cm³/mol. The van der Waals surface area contributed by atoms with Gasteiger partial charge >= 0.3 is 0 Å². The van der Waals surface area contributed by atoms with Crippen LogP contribution >= 0.6 is 11.6 Å². The van der Waals surface area contributed by atoms with Gasteiger partial charge in [0.2, 0.25) is 0 Å². The summed E-state index contributed by atoms with van der Waals surface area (Å²) in [6.45, 7) is 6.03. The molecular formula is C15H21ClN2. The van der Waals surface area contributed by atoms with Crippen molar-refractivity contribution >= 4 is 11.6 Å². The van der Waals surface area contributed by atoms with Gasteiger partial charge in [-0.3, -0.25) is 9.80 Å². The third-order valence-corrected chi connectivity index (χ3v) is 4.45. The second-order valence-corrected chi connectivity index (χ2v) is 5.99. The molecule has 0 aliphatic carbocycles. The van der Waals surface area contributed by atoms with E-state index in [0.717, 1.165) is 17.6 Å². The Bertz CT molecular complexity index is 407. The molecule has 0 radical (unpaired) electrons. The van der Waals surface area contributed by atoms with E-state index < -0.39 is 0 Å². The number of hydrogen-bond acceptors (Lipinski definition) is 2. The highest BCUT2D eigenvalue weighted by atomic mass is 35.5. The molecule has 0 bridgehead atoms. The highest BCUT2D eigenvalue weighted by Gasteiger charge is 2.28. The average Bonchev–Trinajstić information content (AvgIpc) is 2.39. The van der Waals surface area contributed by atoms with Gasteiger partial charge in [-0.1, -0.05) is 30.2 Å². The van der Waals surface area contributed by atoms with Gasteiger partial charge in [-0.25, -0.2) is 0 Å². The summed E-state index contributed by atoms with van der Waals surface area (Å²) in [6, 6.07) is 9.07. The molecule has 0 aromatic heterocycles. The first-order valence-electron chi connectivity index (χ1n) is 7.02. The zero-order valence-electron chi connectivity index (χ0n) is 10.8. The van der Waals surface area contributed by atoms with Gasteiger partial charge in [0.15, 0.2) is 0 Å². The molecule has 2 heterocycles. The van der Waals surface area contributed by atoms with Gasteiger partial charge in [-0.2, -0.15) is 0 Å². The summed E-state index contributed by atoms with van der Waals surface area (Å²) in [5.41, 5.74) is 1.34. The summed E-state index contributed by atoms with van der Waals surface area (Å²) < 4.78 is 0. The average molecular weight is 265 g/mol. The lowest BCUT2D eigenvalue weighted by atomic mass is 9.99. The fourth-order valence-corrected chi connectivity index (χ4v) is 3.47. The molecule has 0 N–H and O–H groups in total. The molecule has 1 aromatic carbocycles. The van der Waals surface area contributed by atoms with Crippen LogP contribution in [0.1, 0.15) is 24.8 Å². The van der Waals surface area contributed by atoms with Crippen molar-refractivity contribution < 1.29 is 0 Å². The molecule has 0 amide bonds. The fraction of sp³-hybridized carbons (Fsp3) is 0.600. The van der Waals surface area contributed by atoms with Gasteiger partial charge in [0, 0.05) is 37.2 Å². The Morgan fingerprint density at radius 2 is 2.11 bits per heavy atom. The van der Waals surface area contributed by atoms with Crippen LogP contribution < -0.4 is 0 Å². The quantitative estimate of drug-likeness (QED) is 0.810. The monoisotopic (exact) mass is 264 g/mol. The van der Waals surface area contributed by atoms with E-state index in [-0.39, 0.29) is 0 Å². The van der Waals surface area contributed by atoms with Crippen LogP contribution in [0.2, 0.25) is 5.02 Å².